The molecule has 0 unspecified atom stereocenters. The van der Waals surface area contributed by atoms with Crippen LogP contribution in [0.5, 0.6) is 11.5 Å². The Labute approximate surface area is 228 Å². The van der Waals surface area contributed by atoms with Gasteiger partial charge < -0.3 is 18.8 Å². The number of ether oxygens (including phenoxy) is 3. The Bertz CT molecular complexity index is 1310. The zero-order chi connectivity index (χ0) is 28.4. The monoisotopic (exact) mass is 533 g/mol. The van der Waals surface area contributed by atoms with Gasteiger partial charge in [0.15, 0.2) is 5.82 Å². The van der Waals surface area contributed by atoms with E-state index in [2.05, 4.69) is 35.3 Å². The highest BCUT2D eigenvalue weighted by Gasteiger charge is 2.33. The smallest absolute Gasteiger partial charge is 0.423 e. The maximum absolute atomic E-state index is 14.1. The number of pyridine rings is 1. The van der Waals surface area contributed by atoms with Crippen LogP contribution in [0, 0.1) is 0 Å². The first kappa shape index (κ1) is 29.1. The van der Waals surface area contributed by atoms with E-state index in [9.17, 15) is 9.59 Å². The molecule has 10 nitrogen and oxygen atoms in total. The summed E-state index contributed by atoms with van der Waals surface area (Å²) in [6, 6.07) is 9.84. The summed E-state index contributed by atoms with van der Waals surface area (Å²) in [6.45, 7) is 15.7. The van der Waals surface area contributed by atoms with Crippen LogP contribution in [-0.2, 0) is 11.3 Å². The minimum Gasteiger partial charge on any atom is -0.494 e. The van der Waals surface area contributed by atoms with E-state index in [1.165, 1.54) is 0 Å². The lowest BCUT2D eigenvalue weighted by Crippen LogP contribution is -2.41. The number of carbonyl (C=O) groups is 2. The molecule has 206 valence electrons. The van der Waals surface area contributed by atoms with Crippen molar-refractivity contribution in [1.82, 2.24) is 19.7 Å². The molecule has 0 aliphatic carbocycles. The molecule has 0 bridgehead atoms. The number of aromatic nitrogens is 4. The van der Waals surface area contributed by atoms with Crippen LogP contribution >= 0.6 is 0 Å². The quantitative estimate of drug-likeness (QED) is 0.211. The third kappa shape index (κ3) is 7.76. The fraction of sp³-hybridized carbons (Fsp3) is 0.345. The van der Waals surface area contributed by atoms with Crippen molar-refractivity contribution < 1.29 is 23.8 Å². The summed E-state index contributed by atoms with van der Waals surface area (Å²) >= 11 is 0. The molecule has 0 spiro atoms. The first-order valence-corrected chi connectivity index (χ1v) is 12.7. The second kappa shape index (κ2) is 13.4. The molecule has 0 saturated heterocycles. The Balaban J connectivity index is 2.11. The van der Waals surface area contributed by atoms with Crippen LogP contribution in [-0.4, -0.2) is 50.6 Å². The number of allylic oxidation sites excluding steroid dienone is 1. The summed E-state index contributed by atoms with van der Waals surface area (Å²) in [5, 5.41) is 8.10. The average molecular weight is 534 g/mol. The number of benzene rings is 1. The van der Waals surface area contributed by atoms with E-state index >= 15 is 0 Å². The first-order chi connectivity index (χ1) is 18.7. The number of hydrogen-bond donors (Lipinski definition) is 0. The standard InChI is InChI=1S/C29H35N5O5/c1-7-10-18-37-21-14-15-24(38-17-9-3)22(19-21)27(35)34(28(36)39-29(4,5)6)25-13-11-12-23(31-25)26-32-30-20-33(26)16-8-2/h8-9,11-15,19-20H,2-3,7,10,16-18H2,1,4-6H3. The van der Waals surface area contributed by atoms with Crippen molar-refractivity contribution in [2.24, 2.45) is 0 Å². The van der Waals surface area contributed by atoms with Gasteiger partial charge in [-0.2, -0.15) is 4.90 Å². The lowest BCUT2D eigenvalue weighted by Gasteiger charge is -2.26. The van der Waals surface area contributed by atoms with Gasteiger partial charge in [-0.25, -0.2) is 9.78 Å². The summed E-state index contributed by atoms with van der Waals surface area (Å²) in [7, 11) is 0. The highest BCUT2D eigenvalue weighted by atomic mass is 16.6. The zero-order valence-corrected chi connectivity index (χ0v) is 22.9. The van der Waals surface area contributed by atoms with Gasteiger partial charge in [-0.05, 0) is 57.5 Å². The molecule has 2 aromatic heterocycles. The van der Waals surface area contributed by atoms with Gasteiger partial charge in [-0.15, -0.1) is 16.8 Å². The van der Waals surface area contributed by atoms with Crippen LogP contribution < -0.4 is 14.4 Å². The van der Waals surface area contributed by atoms with Crippen LogP contribution in [0.15, 0.2) is 68.0 Å². The van der Waals surface area contributed by atoms with Gasteiger partial charge >= 0.3 is 6.09 Å². The number of amides is 2. The zero-order valence-electron chi connectivity index (χ0n) is 22.9. The Morgan fingerprint density at radius 3 is 2.59 bits per heavy atom. The minimum atomic E-state index is -0.892. The van der Waals surface area contributed by atoms with Crippen LogP contribution in [0.3, 0.4) is 0 Å². The molecule has 1 aromatic carbocycles. The van der Waals surface area contributed by atoms with Crippen molar-refractivity contribution in [2.45, 2.75) is 52.7 Å². The van der Waals surface area contributed by atoms with Crippen molar-refractivity contribution in [3.05, 3.63) is 73.6 Å². The van der Waals surface area contributed by atoms with Gasteiger partial charge in [0.1, 0.15) is 41.5 Å². The van der Waals surface area contributed by atoms with E-state index in [1.807, 2.05) is 0 Å². The topological polar surface area (TPSA) is 109 Å². The maximum atomic E-state index is 14.1. The van der Waals surface area contributed by atoms with Crippen molar-refractivity contribution >= 4 is 17.8 Å². The van der Waals surface area contributed by atoms with E-state index in [0.29, 0.717) is 30.4 Å². The highest BCUT2D eigenvalue weighted by Crippen LogP contribution is 2.29. The van der Waals surface area contributed by atoms with Crippen LogP contribution in [0.2, 0.25) is 0 Å². The highest BCUT2D eigenvalue weighted by molar-refractivity contribution is 6.20. The van der Waals surface area contributed by atoms with Gasteiger partial charge in [0.05, 0.1) is 12.2 Å². The van der Waals surface area contributed by atoms with E-state index in [-0.39, 0.29) is 23.7 Å². The fourth-order valence-corrected chi connectivity index (χ4v) is 3.48. The van der Waals surface area contributed by atoms with E-state index in [4.69, 9.17) is 14.2 Å². The molecule has 39 heavy (non-hydrogen) atoms. The van der Waals surface area contributed by atoms with Gasteiger partial charge in [0.2, 0.25) is 0 Å². The summed E-state index contributed by atoms with van der Waals surface area (Å²) in [5.41, 5.74) is -0.350. The molecular weight excluding hydrogens is 498 g/mol. The lowest BCUT2D eigenvalue weighted by atomic mass is 10.1. The average Bonchev–Trinajstić information content (AvgIpc) is 3.36. The number of rotatable bonds is 12. The van der Waals surface area contributed by atoms with Gasteiger partial charge in [0.25, 0.3) is 5.91 Å². The summed E-state index contributed by atoms with van der Waals surface area (Å²) < 4.78 is 18.9. The SMILES string of the molecule is C=CCOc1ccc(OCCCC)cc1C(=O)N(C(=O)OC(C)(C)C)c1cccc(-c2nncn2CC=C)n1. The third-order valence-corrected chi connectivity index (χ3v) is 5.22. The molecule has 3 aromatic rings. The maximum Gasteiger partial charge on any atom is 0.423 e. The van der Waals surface area contributed by atoms with Crippen molar-refractivity contribution in [1.29, 1.82) is 0 Å². The Kier molecular flexibility index (Phi) is 9.97. The lowest BCUT2D eigenvalue weighted by molar-refractivity contribution is 0.0562. The predicted molar refractivity (Wildman–Crippen MR) is 149 cm³/mol. The fourth-order valence-electron chi connectivity index (χ4n) is 3.48. The molecule has 0 radical (unpaired) electrons. The van der Waals surface area contributed by atoms with E-state index in [1.54, 1.807) is 80.2 Å². The van der Waals surface area contributed by atoms with E-state index in [0.717, 1.165) is 17.7 Å². The summed E-state index contributed by atoms with van der Waals surface area (Å²) in [4.78, 5) is 33.0. The summed E-state index contributed by atoms with van der Waals surface area (Å²) in [5.74, 6) is 0.544. The second-order valence-corrected chi connectivity index (χ2v) is 9.56. The largest absolute Gasteiger partial charge is 0.494 e. The molecule has 0 atom stereocenters. The number of hydrogen-bond acceptors (Lipinski definition) is 8. The molecule has 0 N–H and O–H groups in total. The Morgan fingerprint density at radius 2 is 1.90 bits per heavy atom. The number of anilines is 1. The van der Waals surface area contributed by atoms with E-state index < -0.39 is 17.6 Å². The Hall–Kier alpha value is -4.47. The van der Waals surface area contributed by atoms with Crippen molar-refractivity contribution in [3.8, 4) is 23.0 Å². The number of unbranched alkanes of at least 4 members (excludes halogenated alkanes) is 1. The first-order valence-electron chi connectivity index (χ1n) is 12.7. The molecule has 0 aliphatic rings. The molecular formula is C29H35N5O5. The number of nitrogens with zero attached hydrogens (tertiary/aromatic N) is 5. The number of carbonyl (C=O) groups excluding carboxylic acids is 2. The van der Waals surface area contributed by atoms with Gasteiger partial charge in [-0.1, -0.05) is 38.1 Å². The summed E-state index contributed by atoms with van der Waals surface area (Å²) in [6.07, 6.45) is 5.74. The second-order valence-electron chi connectivity index (χ2n) is 9.56. The van der Waals surface area contributed by atoms with Crippen molar-refractivity contribution in [2.75, 3.05) is 18.1 Å². The normalized spacial score (nSPS) is 11.0. The van der Waals surface area contributed by atoms with Crippen LogP contribution in [0.4, 0.5) is 10.6 Å². The number of imide groups is 1. The predicted octanol–water partition coefficient (Wildman–Crippen LogP) is 5.85. The third-order valence-electron chi connectivity index (χ3n) is 5.22. The molecule has 3 rings (SSSR count). The van der Waals surface area contributed by atoms with Gasteiger partial charge in [-0.3, -0.25) is 4.79 Å². The minimum absolute atomic E-state index is 0.0480. The van der Waals surface area contributed by atoms with Crippen molar-refractivity contribution in [3.63, 3.8) is 0 Å². The molecule has 0 fully saturated rings. The molecule has 0 aliphatic heterocycles. The molecule has 2 amide bonds. The van der Waals surface area contributed by atoms with Crippen LogP contribution in [0.1, 0.15) is 50.9 Å². The molecule has 2 heterocycles. The Morgan fingerprint density at radius 1 is 1.10 bits per heavy atom. The molecule has 0 saturated carbocycles. The van der Waals surface area contributed by atoms with Crippen LogP contribution in [0.25, 0.3) is 11.5 Å². The molecule has 10 heteroatoms. The van der Waals surface area contributed by atoms with Gasteiger partial charge in [0, 0.05) is 6.54 Å².